The van der Waals surface area contributed by atoms with Crippen molar-refractivity contribution in [3.8, 4) is 0 Å². The van der Waals surface area contributed by atoms with Gasteiger partial charge in [-0.15, -0.1) is 0 Å². The van der Waals surface area contributed by atoms with Gasteiger partial charge in [0.25, 0.3) is 0 Å². The summed E-state index contributed by atoms with van der Waals surface area (Å²) in [6.45, 7) is 8.19. The third-order valence-corrected chi connectivity index (χ3v) is 9.81. The summed E-state index contributed by atoms with van der Waals surface area (Å²) in [4.78, 5) is 13.6. The lowest BCUT2D eigenvalue weighted by atomic mass is 9.44. The number of rotatable bonds is 1. The van der Waals surface area contributed by atoms with Gasteiger partial charge in [0, 0.05) is 18.3 Å². The quantitative estimate of drug-likeness (QED) is 0.753. The zero-order chi connectivity index (χ0) is 19.0. The predicted octanol–water partition coefficient (Wildman–Crippen LogP) is 3.95. The second-order valence-electron chi connectivity index (χ2n) is 10.9. The summed E-state index contributed by atoms with van der Waals surface area (Å²) in [5.74, 6) is 2.16. The highest BCUT2D eigenvalue weighted by molar-refractivity contribution is 5.84. The molecule has 0 aromatic rings. The normalized spacial score (nSPS) is 54.3. The summed E-state index contributed by atoms with van der Waals surface area (Å²) in [5.41, 5.74) is 0.109. The molecule has 0 amide bonds. The van der Waals surface area contributed by atoms with Crippen molar-refractivity contribution in [2.75, 3.05) is 13.2 Å². The Bertz CT molecular complexity index is 626. The van der Waals surface area contributed by atoms with Crippen molar-refractivity contribution >= 4 is 5.78 Å². The van der Waals surface area contributed by atoms with Crippen molar-refractivity contribution in [1.29, 1.82) is 0 Å². The molecule has 1 aliphatic heterocycles. The number of aliphatic hydroxyl groups excluding tert-OH is 1. The van der Waals surface area contributed by atoms with Crippen molar-refractivity contribution in [2.24, 2.45) is 40.4 Å². The summed E-state index contributed by atoms with van der Waals surface area (Å²) in [6, 6.07) is 0. The standard InChI is InChI=1S/C23H36O4/c1-21-9-8-15(24)12-14(21)4-5-16-17-6-7-19(23(3)26-10-11-27-23)22(17,2)13-18(25)20(16)21/h14-17,19-20,24H,4-13H2,1-3H3/t14-,15-,16+,17-,19-,20+,21+,22+/m1/s1. The van der Waals surface area contributed by atoms with Crippen LogP contribution in [0, 0.1) is 40.4 Å². The molecular weight excluding hydrogens is 340 g/mol. The van der Waals surface area contributed by atoms with Crippen LogP contribution in [-0.2, 0) is 14.3 Å². The molecular formula is C23H36O4. The van der Waals surface area contributed by atoms with Crippen LogP contribution in [0.3, 0.4) is 0 Å². The van der Waals surface area contributed by atoms with Crippen LogP contribution in [0.4, 0.5) is 0 Å². The van der Waals surface area contributed by atoms with Crippen molar-refractivity contribution in [1.82, 2.24) is 0 Å². The van der Waals surface area contributed by atoms with Crippen molar-refractivity contribution in [3.05, 3.63) is 0 Å². The van der Waals surface area contributed by atoms with Crippen molar-refractivity contribution < 1.29 is 19.4 Å². The van der Waals surface area contributed by atoms with Gasteiger partial charge in [-0.3, -0.25) is 4.79 Å². The fourth-order valence-corrected chi connectivity index (χ4v) is 8.64. The highest BCUT2D eigenvalue weighted by Gasteiger charge is 2.66. The second-order valence-corrected chi connectivity index (χ2v) is 10.9. The summed E-state index contributed by atoms with van der Waals surface area (Å²) in [5, 5.41) is 10.2. The van der Waals surface area contributed by atoms with Gasteiger partial charge in [0.1, 0.15) is 5.78 Å². The van der Waals surface area contributed by atoms with E-state index in [4.69, 9.17) is 9.47 Å². The first-order valence-electron chi connectivity index (χ1n) is 11.3. The third-order valence-electron chi connectivity index (χ3n) is 9.81. The first-order chi connectivity index (χ1) is 12.8. The molecule has 0 radical (unpaired) electrons. The summed E-state index contributed by atoms with van der Waals surface area (Å²) in [6.07, 6.45) is 7.99. The van der Waals surface area contributed by atoms with Crippen LogP contribution in [-0.4, -0.2) is 36.0 Å². The Morgan fingerprint density at radius 2 is 1.70 bits per heavy atom. The molecule has 5 aliphatic rings. The summed E-state index contributed by atoms with van der Waals surface area (Å²) < 4.78 is 12.1. The van der Waals surface area contributed by atoms with Crippen molar-refractivity contribution in [3.63, 3.8) is 0 Å². The number of aliphatic hydroxyl groups is 1. The number of hydrogen-bond donors (Lipinski definition) is 1. The minimum atomic E-state index is -0.507. The molecule has 5 fully saturated rings. The highest BCUT2D eigenvalue weighted by Crippen LogP contribution is 2.68. The first kappa shape index (κ1) is 18.6. The molecule has 0 aromatic carbocycles. The molecule has 4 saturated carbocycles. The molecule has 152 valence electrons. The second kappa shape index (κ2) is 6.03. The van der Waals surface area contributed by atoms with E-state index in [1.165, 1.54) is 12.8 Å². The lowest BCUT2D eigenvalue weighted by molar-refractivity contribution is -0.216. The summed E-state index contributed by atoms with van der Waals surface area (Å²) in [7, 11) is 0. The zero-order valence-corrected chi connectivity index (χ0v) is 17.2. The monoisotopic (exact) mass is 376 g/mol. The number of hydrogen-bond acceptors (Lipinski definition) is 4. The molecule has 8 atom stereocenters. The largest absolute Gasteiger partial charge is 0.393 e. The molecule has 0 bridgehead atoms. The minimum Gasteiger partial charge on any atom is -0.393 e. The van der Waals surface area contributed by atoms with Gasteiger partial charge in [-0.05, 0) is 80.5 Å². The van der Waals surface area contributed by atoms with Gasteiger partial charge in [0.15, 0.2) is 5.79 Å². The van der Waals surface area contributed by atoms with Crippen LogP contribution in [0.5, 0.6) is 0 Å². The van der Waals surface area contributed by atoms with E-state index in [1.54, 1.807) is 0 Å². The zero-order valence-electron chi connectivity index (χ0n) is 17.2. The number of carbonyl (C=O) groups is 1. The molecule has 0 spiro atoms. The van der Waals surface area contributed by atoms with Gasteiger partial charge in [-0.2, -0.15) is 0 Å². The van der Waals surface area contributed by atoms with Gasteiger partial charge in [0.05, 0.1) is 19.3 Å². The smallest absolute Gasteiger partial charge is 0.169 e. The minimum absolute atomic E-state index is 0.00865. The Labute approximate surface area is 163 Å². The number of carbonyl (C=O) groups excluding carboxylic acids is 1. The molecule has 4 aliphatic carbocycles. The molecule has 0 aromatic heterocycles. The molecule has 27 heavy (non-hydrogen) atoms. The molecule has 1 saturated heterocycles. The van der Waals surface area contributed by atoms with Crippen molar-refractivity contribution in [2.45, 2.75) is 84.0 Å². The van der Waals surface area contributed by atoms with Gasteiger partial charge >= 0.3 is 0 Å². The SMILES string of the molecule is CC1([C@@H]2CC[C@@H]3[C@@H]4CC[C@@H]5C[C@H](O)CC[C@]5(C)[C@@H]4C(=O)C[C@@]32C)OCCO1. The van der Waals surface area contributed by atoms with E-state index in [0.29, 0.717) is 49.1 Å². The number of Topliss-reactive ketones (excluding diaryl/α,β-unsaturated/α-hetero) is 1. The highest BCUT2D eigenvalue weighted by atomic mass is 16.7. The average molecular weight is 377 g/mol. The van der Waals surface area contributed by atoms with Gasteiger partial charge in [-0.1, -0.05) is 13.8 Å². The predicted molar refractivity (Wildman–Crippen MR) is 102 cm³/mol. The van der Waals surface area contributed by atoms with Crippen LogP contribution in [0.15, 0.2) is 0 Å². The van der Waals surface area contributed by atoms with Gasteiger partial charge in [-0.25, -0.2) is 0 Å². The lowest BCUT2D eigenvalue weighted by Crippen LogP contribution is -2.59. The van der Waals surface area contributed by atoms with Gasteiger partial charge < -0.3 is 14.6 Å². The van der Waals surface area contributed by atoms with E-state index < -0.39 is 5.79 Å². The maximum Gasteiger partial charge on any atom is 0.169 e. The maximum absolute atomic E-state index is 13.6. The van der Waals surface area contributed by atoms with Gasteiger partial charge in [0.2, 0.25) is 0 Å². The first-order valence-corrected chi connectivity index (χ1v) is 11.3. The van der Waals surface area contributed by atoms with E-state index in [9.17, 15) is 9.90 Å². The van der Waals surface area contributed by atoms with E-state index in [-0.39, 0.29) is 22.9 Å². The lowest BCUT2D eigenvalue weighted by Gasteiger charge is -2.60. The molecule has 0 unspecified atom stereocenters. The van der Waals surface area contributed by atoms with Crippen LogP contribution in [0.25, 0.3) is 0 Å². The Kier molecular flexibility index (Phi) is 4.14. The van der Waals surface area contributed by atoms with E-state index in [2.05, 4.69) is 20.8 Å². The van der Waals surface area contributed by atoms with E-state index >= 15 is 0 Å². The topological polar surface area (TPSA) is 55.8 Å². The third kappa shape index (κ3) is 2.48. The van der Waals surface area contributed by atoms with E-state index in [1.807, 2.05) is 0 Å². The Morgan fingerprint density at radius 3 is 2.44 bits per heavy atom. The molecule has 5 rings (SSSR count). The molecule has 1 heterocycles. The molecule has 4 nitrogen and oxygen atoms in total. The maximum atomic E-state index is 13.6. The number of fused-ring (bicyclic) bond motifs is 5. The van der Waals surface area contributed by atoms with Crippen LogP contribution in [0.2, 0.25) is 0 Å². The fourth-order valence-electron chi connectivity index (χ4n) is 8.64. The van der Waals surface area contributed by atoms with E-state index in [0.717, 1.165) is 32.1 Å². The average Bonchev–Trinajstić information content (AvgIpc) is 3.19. The Hall–Kier alpha value is -0.450. The molecule has 1 N–H and O–H groups in total. The fraction of sp³-hybridized carbons (Fsp3) is 0.957. The van der Waals surface area contributed by atoms with Crippen LogP contribution < -0.4 is 0 Å². The number of ketones is 1. The molecule has 4 heteroatoms. The number of ether oxygens (including phenoxy) is 2. The Morgan fingerprint density at radius 1 is 0.963 bits per heavy atom. The van der Waals surface area contributed by atoms with Crippen LogP contribution in [0.1, 0.15) is 72.1 Å². The van der Waals surface area contributed by atoms with Crippen LogP contribution >= 0.6 is 0 Å². The Balaban J connectivity index is 1.47. The summed E-state index contributed by atoms with van der Waals surface area (Å²) >= 11 is 0.